The van der Waals surface area contributed by atoms with Gasteiger partial charge in [0.25, 0.3) is 0 Å². The first-order valence-corrected chi connectivity index (χ1v) is 1.46. The van der Waals surface area contributed by atoms with Gasteiger partial charge in [0.2, 0.25) is 0 Å². The van der Waals surface area contributed by atoms with Crippen molar-refractivity contribution in [2.75, 3.05) is 0 Å². The summed E-state index contributed by atoms with van der Waals surface area (Å²) in [5.41, 5.74) is 0. The summed E-state index contributed by atoms with van der Waals surface area (Å²) in [4.78, 5) is 11.8. The SMILES string of the molecule is CC1(OO)OO1.[Zr]. The quantitative estimate of drug-likeness (QED) is 0.356. The van der Waals surface area contributed by atoms with E-state index in [1.807, 2.05) is 0 Å². The average molecular weight is 183 g/mol. The van der Waals surface area contributed by atoms with Gasteiger partial charge < -0.3 is 0 Å². The molecule has 0 atom stereocenters. The zero-order chi connectivity index (χ0) is 4.62. The summed E-state index contributed by atoms with van der Waals surface area (Å²) in [5.74, 6) is -1.15. The van der Waals surface area contributed by atoms with Crippen LogP contribution in [-0.4, -0.2) is 11.2 Å². The molecule has 1 aliphatic heterocycles. The van der Waals surface area contributed by atoms with E-state index in [-0.39, 0.29) is 26.2 Å². The third kappa shape index (κ3) is 1.97. The van der Waals surface area contributed by atoms with Crippen LogP contribution < -0.4 is 0 Å². The van der Waals surface area contributed by atoms with Gasteiger partial charge in [-0.2, -0.15) is 14.7 Å². The smallest absolute Gasteiger partial charge is 0.246 e. The first-order chi connectivity index (χ1) is 2.77. The minimum absolute atomic E-state index is 0. The minimum atomic E-state index is -1.15. The van der Waals surface area contributed by atoms with Crippen LogP contribution >= 0.6 is 0 Å². The van der Waals surface area contributed by atoms with E-state index in [1.165, 1.54) is 6.92 Å². The van der Waals surface area contributed by atoms with Crippen LogP contribution in [0.1, 0.15) is 6.92 Å². The van der Waals surface area contributed by atoms with Gasteiger partial charge in [0.15, 0.2) is 0 Å². The Morgan fingerprint density at radius 2 is 2.00 bits per heavy atom. The molecule has 1 rings (SSSR count). The van der Waals surface area contributed by atoms with Crippen molar-refractivity contribution in [3.8, 4) is 0 Å². The molecular weight excluding hydrogens is 179 g/mol. The molecule has 0 bridgehead atoms. The van der Waals surface area contributed by atoms with E-state index in [4.69, 9.17) is 5.26 Å². The maximum atomic E-state index is 7.72. The zero-order valence-corrected chi connectivity index (χ0v) is 6.13. The number of rotatable bonds is 1. The van der Waals surface area contributed by atoms with Gasteiger partial charge in [-0.25, -0.2) is 5.26 Å². The molecule has 0 aromatic heterocycles. The molecule has 4 nitrogen and oxygen atoms in total. The van der Waals surface area contributed by atoms with E-state index in [0.29, 0.717) is 0 Å². The Labute approximate surface area is 59.3 Å². The Balaban J connectivity index is 0.000000360. The van der Waals surface area contributed by atoms with Crippen LogP contribution in [0.5, 0.6) is 0 Å². The standard InChI is InChI=1S/C2H4O4.Zr/c1-2(4-3)5-6-2;/h3H,1H3;. The van der Waals surface area contributed by atoms with Crippen molar-refractivity contribution in [3.05, 3.63) is 0 Å². The van der Waals surface area contributed by atoms with Gasteiger partial charge in [-0.1, -0.05) is 0 Å². The van der Waals surface area contributed by atoms with Crippen LogP contribution in [-0.2, 0) is 40.9 Å². The Morgan fingerprint density at radius 3 is 2.00 bits per heavy atom. The fourth-order valence-electron chi connectivity index (χ4n) is 0.0891. The molecule has 1 saturated heterocycles. The van der Waals surface area contributed by atoms with E-state index in [1.54, 1.807) is 0 Å². The summed E-state index contributed by atoms with van der Waals surface area (Å²) < 4.78 is 0. The average Bonchev–Trinajstić information content (AvgIpc) is 2.22. The summed E-state index contributed by atoms with van der Waals surface area (Å²) in [5, 5.41) is 7.72. The number of hydrogen-bond donors (Lipinski definition) is 1. The first-order valence-electron chi connectivity index (χ1n) is 1.46. The Kier molecular flexibility index (Phi) is 2.57. The molecule has 0 amide bonds. The molecule has 40 valence electrons. The molecule has 5 heteroatoms. The van der Waals surface area contributed by atoms with Gasteiger partial charge in [0, 0.05) is 33.1 Å². The topological polar surface area (TPSA) is 54.5 Å². The molecule has 7 heavy (non-hydrogen) atoms. The fourth-order valence-corrected chi connectivity index (χ4v) is 0.0891. The molecular formula is C2H4O4Zr. The van der Waals surface area contributed by atoms with Crippen LogP contribution in [0.15, 0.2) is 0 Å². The van der Waals surface area contributed by atoms with E-state index in [9.17, 15) is 0 Å². The molecule has 0 spiro atoms. The van der Waals surface area contributed by atoms with Crippen LogP contribution in [0.2, 0.25) is 0 Å². The second kappa shape index (κ2) is 2.33. The van der Waals surface area contributed by atoms with Crippen molar-refractivity contribution < 1.29 is 46.1 Å². The summed E-state index contributed by atoms with van der Waals surface area (Å²) in [6.07, 6.45) is 0. The van der Waals surface area contributed by atoms with E-state index in [0.717, 1.165) is 0 Å². The van der Waals surface area contributed by atoms with E-state index < -0.39 is 5.97 Å². The minimum Gasteiger partial charge on any atom is -0.246 e. The molecule has 1 N–H and O–H groups in total. The maximum absolute atomic E-state index is 7.72. The van der Waals surface area contributed by atoms with Crippen molar-refractivity contribution in [2.45, 2.75) is 12.9 Å². The molecule has 0 radical (unpaired) electrons. The Bertz CT molecular complexity index is 60.7. The molecule has 0 aromatic carbocycles. The first kappa shape index (κ1) is 7.72. The van der Waals surface area contributed by atoms with Gasteiger partial charge in [-0.3, -0.25) is 0 Å². The van der Waals surface area contributed by atoms with Gasteiger partial charge in [0.05, 0.1) is 0 Å². The van der Waals surface area contributed by atoms with Crippen molar-refractivity contribution in [1.29, 1.82) is 0 Å². The van der Waals surface area contributed by atoms with Gasteiger partial charge in [0.1, 0.15) is 0 Å². The third-order valence-corrected chi connectivity index (χ3v) is 0.484. The van der Waals surface area contributed by atoms with Crippen molar-refractivity contribution in [2.24, 2.45) is 0 Å². The second-order valence-corrected chi connectivity index (χ2v) is 1.12. The summed E-state index contributed by atoms with van der Waals surface area (Å²) in [6, 6.07) is 0. The Hall–Kier alpha value is 0.723. The molecule has 0 saturated carbocycles. The molecule has 0 aromatic rings. The molecule has 0 aliphatic carbocycles. The second-order valence-electron chi connectivity index (χ2n) is 1.12. The maximum Gasteiger partial charge on any atom is 0.363 e. The van der Waals surface area contributed by atoms with Crippen LogP contribution in [0.25, 0.3) is 0 Å². The largest absolute Gasteiger partial charge is 0.363 e. The predicted molar refractivity (Wildman–Crippen MR) is 14.3 cm³/mol. The zero-order valence-electron chi connectivity index (χ0n) is 3.67. The fraction of sp³-hybridized carbons (Fsp3) is 1.00. The molecule has 1 heterocycles. The Morgan fingerprint density at radius 1 is 1.57 bits per heavy atom. The van der Waals surface area contributed by atoms with Crippen LogP contribution in [0, 0.1) is 0 Å². The van der Waals surface area contributed by atoms with Gasteiger partial charge in [-0.05, 0) is 0 Å². The summed E-state index contributed by atoms with van der Waals surface area (Å²) >= 11 is 0. The molecule has 0 unspecified atom stereocenters. The van der Waals surface area contributed by atoms with Crippen LogP contribution in [0.3, 0.4) is 0 Å². The third-order valence-electron chi connectivity index (χ3n) is 0.484. The summed E-state index contributed by atoms with van der Waals surface area (Å²) in [7, 11) is 0. The monoisotopic (exact) mass is 182 g/mol. The van der Waals surface area contributed by atoms with E-state index in [2.05, 4.69) is 14.7 Å². The van der Waals surface area contributed by atoms with Crippen molar-refractivity contribution >= 4 is 0 Å². The summed E-state index contributed by atoms with van der Waals surface area (Å²) in [6.45, 7) is 1.44. The van der Waals surface area contributed by atoms with Gasteiger partial charge >= 0.3 is 5.97 Å². The number of hydrogen-bond acceptors (Lipinski definition) is 4. The predicted octanol–water partition coefficient (Wildman–Crippen LogP) is 0.109. The van der Waals surface area contributed by atoms with Gasteiger partial charge in [-0.15, -0.1) is 0 Å². The normalized spacial score (nSPS) is 23.1. The van der Waals surface area contributed by atoms with Crippen LogP contribution in [0.4, 0.5) is 0 Å². The molecule has 1 fully saturated rings. The van der Waals surface area contributed by atoms with Crippen molar-refractivity contribution in [3.63, 3.8) is 0 Å². The van der Waals surface area contributed by atoms with E-state index >= 15 is 0 Å². The van der Waals surface area contributed by atoms with Crippen molar-refractivity contribution in [1.82, 2.24) is 0 Å². The molecule has 1 aliphatic rings.